The normalized spacial score (nSPS) is 12.6. The van der Waals surface area contributed by atoms with E-state index in [-0.39, 0.29) is 0 Å². The minimum atomic E-state index is 0.293. The topological polar surface area (TPSA) is 30.5 Å². The molecule has 0 aliphatic carbocycles. The summed E-state index contributed by atoms with van der Waals surface area (Å²) in [4.78, 5) is 0. The first-order valence-electron chi connectivity index (χ1n) is 6.53. The molecule has 0 bridgehead atoms. The Kier molecular flexibility index (Phi) is 3.57. The maximum Gasteiger partial charge on any atom is 0.231 e. The highest BCUT2D eigenvalue weighted by atomic mass is 79.9. The zero-order valence-electron chi connectivity index (χ0n) is 11.5. The maximum atomic E-state index is 5.43. The molecule has 0 atom stereocenters. The zero-order valence-corrected chi connectivity index (χ0v) is 13.1. The predicted octanol–water partition coefficient (Wildman–Crippen LogP) is 4.41. The molecule has 1 N–H and O–H groups in total. The van der Waals surface area contributed by atoms with Crippen LogP contribution in [0.5, 0.6) is 11.5 Å². The van der Waals surface area contributed by atoms with E-state index < -0.39 is 0 Å². The van der Waals surface area contributed by atoms with Crippen LogP contribution in [0.4, 0.5) is 5.69 Å². The fourth-order valence-corrected chi connectivity index (χ4v) is 2.87. The highest BCUT2D eigenvalue weighted by Gasteiger charge is 2.17. The van der Waals surface area contributed by atoms with Gasteiger partial charge in [-0.2, -0.15) is 0 Å². The van der Waals surface area contributed by atoms with Gasteiger partial charge in [-0.25, -0.2) is 0 Å². The molecular weight excluding hydrogens is 318 g/mol. The molecule has 4 heteroatoms. The van der Waals surface area contributed by atoms with Crippen LogP contribution in [-0.4, -0.2) is 6.79 Å². The second-order valence-electron chi connectivity index (χ2n) is 4.91. The molecule has 104 valence electrons. The fraction of sp³-hybridized carbons (Fsp3) is 0.250. The van der Waals surface area contributed by atoms with Gasteiger partial charge >= 0.3 is 0 Å². The van der Waals surface area contributed by atoms with Gasteiger partial charge in [-0.05, 0) is 64.7 Å². The summed E-state index contributed by atoms with van der Waals surface area (Å²) in [7, 11) is 0. The first kappa shape index (κ1) is 13.3. The van der Waals surface area contributed by atoms with Crippen molar-refractivity contribution < 1.29 is 9.47 Å². The maximum absolute atomic E-state index is 5.43. The van der Waals surface area contributed by atoms with Crippen LogP contribution < -0.4 is 14.8 Å². The number of rotatable bonds is 3. The molecule has 0 radical (unpaired) electrons. The first-order valence-corrected chi connectivity index (χ1v) is 7.32. The lowest BCUT2D eigenvalue weighted by Gasteiger charge is -2.12. The average molecular weight is 334 g/mol. The Labute approximate surface area is 127 Å². The smallest absolute Gasteiger partial charge is 0.231 e. The predicted molar refractivity (Wildman–Crippen MR) is 83.5 cm³/mol. The molecule has 0 aromatic heterocycles. The summed E-state index contributed by atoms with van der Waals surface area (Å²) >= 11 is 3.52. The number of fused-ring (bicyclic) bond motifs is 1. The number of anilines is 1. The first-order chi connectivity index (χ1) is 9.65. The molecule has 3 rings (SSSR count). The van der Waals surface area contributed by atoms with Gasteiger partial charge in [-0.1, -0.05) is 12.1 Å². The van der Waals surface area contributed by atoms with Crippen molar-refractivity contribution in [3.05, 3.63) is 51.5 Å². The Morgan fingerprint density at radius 1 is 1.20 bits per heavy atom. The van der Waals surface area contributed by atoms with Crippen LogP contribution in [0, 0.1) is 13.8 Å². The van der Waals surface area contributed by atoms with E-state index in [1.54, 1.807) is 0 Å². The molecule has 20 heavy (non-hydrogen) atoms. The SMILES string of the molecule is Cc1cccc(NCc2cc(Br)c3c(c2)OCO3)c1C. The number of halogens is 1. The van der Waals surface area contributed by atoms with E-state index in [4.69, 9.17) is 9.47 Å². The molecule has 0 saturated carbocycles. The fourth-order valence-electron chi connectivity index (χ4n) is 2.26. The van der Waals surface area contributed by atoms with Crippen molar-refractivity contribution in [3.63, 3.8) is 0 Å². The monoisotopic (exact) mass is 333 g/mol. The van der Waals surface area contributed by atoms with E-state index in [0.717, 1.165) is 28.1 Å². The largest absolute Gasteiger partial charge is 0.454 e. The van der Waals surface area contributed by atoms with Crippen molar-refractivity contribution in [2.24, 2.45) is 0 Å². The summed E-state index contributed by atoms with van der Waals surface area (Å²) in [5.74, 6) is 1.60. The number of hydrogen-bond acceptors (Lipinski definition) is 3. The summed E-state index contributed by atoms with van der Waals surface area (Å²) in [5, 5.41) is 3.47. The standard InChI is InChI=1S/C16H16BrNO2/c1-10-4-3-5-14(11(10)2)18-8-12-6-13(17)16-15(7-12)19-9-20-16/h3-7,18H,8-9H2,1-2H3. The van der Waals surface area contributed by atoms with E-state index >= 15 is 0 Å². The van der Waals surface area contributed by atoms with Crippen LogP contribution in [0.15, 0.2) is 34.8 Å². The van der Waals surface area contributed by atoms with Crippen LogP contribution in [0.1, 0.15) is 16.7 Å². The highest BCUT2D eigenvalue weighted by molar-refractivity contribution is 9.10. The van der Waals surface area contributed by atoms with Gasteiger partial charge in [0.2, 0.25) is 6.79 Å². The number of nitrogens with one attached hydrogen (secondary N) is 1. The van der Waals surface area contributed by atoms with E-state index in [0.29, 0.717) is 6.79 Å². The summed E-state index contributed by atoms with van der Waals surface area (Å²) in [6.07, 6.45) is 0. The molecule has 1 heterocycles. The Morgan fingerprint density at radius 3 is 2.90 bits per heavy atom. The third kappa shape index (κ3) is 2.48. The minimum absolute atomic E-state index is 0.293. The van der Waals surface area contributed by atoms with Gasteiger partial charge in [0.15, 0.2) is 11.5 Å². The molecule has 0 unspecified atom stereocenters. The number of benzene rings is 2. The van der Waals surface area contributed by atoms with E-state index in [2.05, 4.69) is 59.4 Å². The molecule has 0 fully saturated rings. The van der Waals surface area contributed by atoms with Crippen molar-refractivity contribution in [2.75, 3.05) is 12.1 Å². The van der Waals surface area contributed by atoms with Crippen LogP contribution in [-0.2, 0) is 6.54 Å². The molecular formula is C16H16BrNO2. The van der Waals surface area contributed by atoms with E-state index in [1.165, 1.54) is 16.8 Å². The number of hydrogen-bond donors (Lipinski definition) is 1. The van der Waals surface area contributed by atoms with Crippen LogP contribution in [0.2, 0.25) is 0 Å². The van der Waals surface area contributed by atoms with Crippen molar-refractivity contribution in [2.45, 2.75) is 20.4 Å². The highest BCUT2D eigenvalue weighted by Crippen LogP contribution is 2.40. The Morgan fingerprint density at radius 2 is 2.05 bits per heavy atom. The van der Waals surface area contributed by atoms with Gasteiger partial charge < -0.3 is 14.8 Å². The molecule has 3 nitrogen and oxygen atoms in total. The lowest BCUT2D eigenvalue weighted by Crippen LogP contribution is -2.02. The molecule has 2 aromatic rings. The second kappa shape index (κ2) is 5.37. The zero-order chi connectivity index (χ0) is 14.1. The lowest BCUT2D eigenvalue weighted by molar-refractivity contribution is 0.173. The van der Waals surface area contributed by atoms with Gasteiger partial charge in [0.05, 0.1) is 4.47 Å². The van der Waals surface area contributed by atoms with Crippen molar-refractivity contribution in [1.29, 1.82) is 0 Å². The third-order valence-corrected chi connectivity index (χ3v) is 4.16. The van der Waals surface area contributed by atoms with Gasteiger partial charge in [-0.15, -0.1) is 0 Å². The molecule has 0 spiro atoms. The van der Waals surface area contributed by atoms with Crippen LogP contribution in [0.3, 0.4) is 0 Å². The average Bonchev–Trinajstić information content (AvgIpc) is 2.89. The summed E-state index contributed by atoms with van der Waals surface area (Å²) in [6, 6.07) is 10.4. The van der Waals surface area contributed by atoms with Crippen molar-refractivity contribution >= 4 is 21.6 Å². The minimum Gasteiger partial charge on any atom is -0.454 e. The van der Waals surface area contributed by atoms with E-state index in [9.17, 15) is 0 Å². The molecule has 2 aromatic carbocycles. The van der Waals surface area contributed by atoms with Gasteiger partial charge in [-0.3, -0.25) is 0 Å². The third-order valence-electron chi connectivity index (χ3n) is 3.57. The Hall–Kier alpha value is -1.68. The summed E-state index contributed by atoms with van der Waals surface area (Å²) < 4.78 is 11.8. The summed E-state index contributed by atoms with van der Waals surface area (Å²) in [6.45, 7) is 5.30. The lowest BCUT2D eigenvalue weighted by atomic mass is 10.1. The van der Waals surface area contributed by atoms with Crippen molar-refractivity contribution in [1.82, 2.24) is 0 Å². The number of ether oxygens (including phenoxy) is 2. The number of aryl methyl sites for hydroxylation is 1. The molecule has 1 aliphatic heterocycles. The van der Waals surface area contributed by atoms with Crippen LogP contribution in [0.25, 0.3) is 0 Å². The van der Waals surface area contributed by atoms with Crippen molar-refractivity contribution in [3.8, 4) is 11.5 Å². The van der Waals surface area contributed by atoms with Gasteiger partial charge in [0.1, 0.15) is 0 Å². The Bertz CT molecular complexity index is 655. The quantitative estimate of drug-likeness (QED) is 0.902. The molecule has 0 amide bonds. The summed E-state index contributed by atoms with van der Waals surface area (Å²) in [5.41, 5.74) is 4.90. The molecule has 0 saturated heterocycles. The second-order valence-corrected chi connectivity index (χ2v) is 5.77. The van der Waals surface area contributed by atoms with Gasteiger partial charge in [0, 0.05) is 12.2 Å². The van der Waals surface area contributed by atoms with Gasteiger partial charge in [0.25, 0.3) is 0 Å². The van der Waals surface area contributed by atoms with E-state index in [1.807, 2.05) is 6.07 Å². The molecule has 1 aliphatic rings. The van der Waals surface area contributed by atoms with Crippen LogP contribution >= 0.6 is 15.9 Å². The Balaban J connectivity index is 1.79.